The molecule has 27 heavy (non-hydrogen) atoms. The Balaban J connectivity index is 1.74. The molecule has 4 heteroatoms. The Morgan fingerprint density at radius 1 is 0.778 bits per heavy atom. The normalized spacial score (nSPS) is 22.6. The predicted molar refractivity (Wildman–Crippen MR) is 126 cm³/mol. The molecule has 4 radical (unpaired) electrons. The minimum absolute atomic E-state index is 0.499. The van der Waals surface area contributed by atoms with Crippen LogP contribution in [0.3, 0.4) is 0 Å². The molecule has 3 aromatic rings. The Hall–Kier alpha value is -1.35. The Bertz CT molecular complexity index is 831. The lowest BCUT2D eigenvalue weighted by molar-refractivity contribution is 0.840. The lowest BCUT2D eigenvalue weighted by Gasteiger charge is -2.31. The van der Waals surface area contributed by atoms with Gasteiger partial charge in [-0.3, -0.25) is 0 Å². The second kappa shape index (κ2) is 7.95. The largest absolute Gasteiger partial charge is 0.377 e. The van der Waals surface area contributed by atoms with Crippen LogP contribution in [-0.2, 0) is 0 Å². The fourth-order valence-electron chi connectivity index (χ4n) is 4.36. The molecule has 1 saturated heterocycles. The summed E-state index contributed by atoms with van der Waals surface area (Å²) in [5.74, 6) is 0. The molecule has 1 heterocycles. The van der Waals surface area contributed by atoms with Gasteiger partial charge in [0.05, 0.1) is 27.7 Å². The van der Waals surface area contributed by atoms with Crippen LogP contribution in [0.2, 0.25) is 0 Å². The van der Waals surface area contributed by atoms with Gasteiger partial charge in [0, 0.05) is 13.3 Å². The van der Waals surface area contributed by atoms with Crippen LogP contribution in [0, 0.1) is 0 Å². The maximum atomic E-state index is 7.29. The van der Waals surface area contributed by atoms with E-state index in [1.54, 1.807) is 0 Å². The Morgan fingerprint density at radius 2 is 1.26 bits per heavy atom. The van der Waals surface area contributed by atoms with Crippen LogP contribution in [0.15, 0.2) is 91.0 Å². The molecule has 2 atom stereocenters. The maximum absolute atomic E-state index is 7.29. The molecule has 0 nitrogen and oxygen atoms in total. The number of rotatable bonds is 5. The summed E-state index contributed by atoms with van der Waals surface area (Å²) in [6.07, 6.45) is 4.55. The van der Waals surface area contributed by atoms with Crippen LogP contribution in [0.25, 0.3) is 0 Å². The molecule has 0 aromatic heterocycles. The molecule has 1 unspecified atom stereocenters. The molecular formula is C23H24B2P2+2. The van der Waals surface area contributed by atoms with Crippen LogP contribution in [-0.4, -0.2) is 33.1 Å². The summed E-state index contributed by atoms with van der Waals surface area (Å²) >= 11 is 0. The van der Waals surface area contributed by atoms with Gasteiger partial charge in [0.15, 0.2) is 0 Å². The molecule has 0 bridgehead atoms. The van der Waals surface area contributed by atoms with Gasteiger partial charge in [0.25, 0.3) is 0 Å². The zero-order chi connectivity index (χ0) is 18.7. The van der Waals surface area contributed by atoms with Crippen molar-refractivity contribution in [2.24, 2.45) is 0 Å². The Morgan fingerprint density at radius 3 is 1.78 bits per heavy atom. The van der Waals surface area contributed by atoms with Crippen LogP contribution in [0.5, 0.6) is 0 Å². The molecule has 1 fully saturated rings. The van der Waals surface area contributed by atoms with E-state index < -0.39 is 14.3 Å². The van der Waals surface area contributed by atoms with Gasteiger partial charge in [-0.1, -0.05) is 54.6 Å². The van der Waals surface area contributed by atoms with E-state index in [0.29, 0.717) is 5.66 Å². The van der Waals surface area contributed by atoms with Gasteiger partial charge in [-0.05, 0) is 56.4 Å². The first-order valence-electron chi connectivity index (χ1n) is 9.63. The van der Waals surface area contributed by atoms with Gasteiger partial charge < -0.3 is 0 Å². The van der Waals surface area contributed by atoms with Crippen molar-refractivity contribution in [1.82, 2.24) is 0 Å². The quantitative estimate of drug-likeness (QED) is 0.454. The number of hydrogen-bond donors (Lipinski definition) is 0. The highest BCUT2D eigenvalue weighted by molar-refractivity contribution is 8.10. The van der Waals surface area contributed by atoms with Crippen LogP contribution in [0.4, 0.5) is 0 Å². The smallest absolute Gasteiger partial charge is 0.0620 e. The first-order chi connectivity index (χ1) is 13.1. The van der Waals surface area contributed by atoms with Crippen molar-refractivity contribution < 1.29 is 0 Å². The molecule has 0 aliphatic carbocycles. The van der Waals surface area contributed by atoms with Crippen molar-refractivity contribution in [3.8, 4) is 0 Å². The number of benzene rings is 3. The third-order valence-electron chi connectivity index (χ3n) is 5.89. The first kappa shape index (κ1) is 19.0. The zero-order valence-electron chi connectivity index (χ0n) is 15.6. The van der Waals surface area contributed by atoms with E-state index in [0.717, 1.165) is 12.3 Å². The highest BCUT2D eigenvalue weighted by Crippen LogP contribution is 2.68. The monoisotopic (exact) mass is 384 g/mol. The minimum Gasteiger partial charge on any atom is -0.0620 e. The predicted octanol–water partition coefficient (Wildman–Crippen LogP) is 4.33. The third kappa shape index (κ3) is 3.68. The molecular weight excluding hydrogens is 360 g/mol. The summed E-state index contributed by atoms with van der Waals surface area (Å²) in [5.41, 5.74) is 0.499. The molecule has 0 amide bonds. The topological polar surface area (TPSA) is 0 Å². The van der Waals surface area contributed by atoms with E-state index in [1.807, 2.05) is 0 Å². The number of hydrogen-bond acceptors (Lipinski definition) is 0. The fourth-order valence-corrected chi connectivity index (χ4v) is 12.4. The standard InChI is InChI=1S/C23H24B2P2/c24-26(20-11-4-1-5-12-20)18-10-17-23(26)19-27(25,21-13-6-2-7-14-21)22-15-8-3-9-16-22/h1-9,11-16,23H,10,17-19H2/q+2/t23-,26?/m0/s1. The lowest BCUT2D eigenvalue weighted by Crippen LogP contribution is -2.32. The average molecular weight is 384 g/mol. The summed E-state index contributed by atoms with van der Waals surface area (Å²) in [5, 5.41) is 3.92. The summed E-state index contributed by atoms with van der Waals surface area (Å²) < 4.78 is 0. The molecule has 0 saturated carbocycles. The van der Waals surface area contributed by atoms with Crippen molar-refractivity contribution in [2.45, 2.75) is 18.5 Å². The van der Waals surface area contributed by atoms with E-state index in [4.69, 9.17) is 15.1 Å². The van der Waals surface area contributed by atoms with Gasteiger partial charge in [0.2, 0.25) is 0 Å². The molecule has 1 aliphatic rings. The molecule has 1 aliphatic heterocycles. The van der Waals surface area contributed by atoms with Crippen molar-refractivity contribution in [1.29, 1.82) is 0 Å². The van der Waals surface area contributed by atoms with Crippen LogP contribution < -0.4 is 15.9 Å². The Labute approximate surface area is 167 Å². The second-order valence-corrected chi connectivity index (χ2v) is 14.2. The van der Waals surface area contributed by atoms with Crippen molar-refractivity contribution in [2.75, 3.05) is 12.3 Å². The molecule has 4 rings (SSSR count). The van der Waals surface area contributed by atoms with E-state index in [-0.39, 0.29) is 0 Å². The zero-order valence-corrected chi connectivity index (χ0v) is 17.4. The van der Waals surface area contributed by atoms with E-state index >= 15 is 0 Å². The average Bonchev–Trinajstić information content (AvgIpc) is 3.11. The minimum atomic E-state index is -1.98. The molecule has 130 valence electrons. The molecule has 0 spiro atoms. The van der Waals surface area contributed by atoms with Gasteiger partial charge >= 0.3 is 15.1 Å². The van der Waals surface area contributed by atoms with Crippen molar-refractivity contribution >= 4 is 45.3 Å². The van der Waals surface area contributed by atoms with Gasteiger partial charge in [-0.15, -0.1) is 0 Å². The highest BCUT2D eigenvalue weighted by atomic mass is 31.2. The van der Waals surface area contributed by atoms with E-state index in [1.165, 1.54) is 28.8 Å². The SMILES string of the molecule is [B][P+](C[C@@H]1CCC[P+]1([B])c1ccccc1)(c1ccccc1)c1ccccc1. The summed E-state index contributed by atoms with van der Waals surface area (Å²) in [7, 11) is 10.8. The summed E-state index contributed by atoms with van der Waals surface area (Å²) in [4.78, 5) is 0. The molecule has 3 aromatic carbocycles. The third-order valence-corrected chi connectivity index (χ3v) is 13.7. The van der Waals surface area contributed by atoms with Gasteiger partial charge in [-0.25, -0.2) is 0 Å². The Kier molecular flexibility index (Phi) is 5.59. The maximum Gasteiger partial charge on any atom is 0.377 e. The van der Waals surface area contributed by atoms with Crippen molar-refractivity contribution in [3.63, 3.8) is 0 Å². The summed E-state index contributed by atoms with van der Waals surface area (Å²) in [6, 6.07) is 32.2. The summed E-state index contributed by atoms with van der Waals surface area (Å²) in [6.45, 7) is 0. The van der Waals surface area contributed by atoms with Crippen LogP contribution in [0.1, 0.15) is 12.8 Å². The molecule has 0 N–H and O–H groups in total. The van der Waals surface area contributed by atoms with Crippen LogP contribution >= 0.6 is 14.3 Å². The van der Waals surface area contributed by atoms with E-state index in [9.17, 15) is 0 Å². The van der Waals surface area contributed by atoms with Gasteiger partial charge in [-0.2, -0.15) is 0 Å². The first-order valence-corrected chi connectivity index (χ1v) is 13.8. The van der Waals surface area contributed by atoms with Gasteiger partial charge in [0.1, 0.15) is 0 Å². The second-order valence-electron chi connectivity index (χ2n) is 7.51. The van der Waals surface area contributed by atoms with Crippen molar-refractivity contribution in [3.05, 3.63) is 91.0 Å². The lowest BCUT2D eigenvalue weighted by atomic mass is 10.3. The highest BCUT2D eigenvalue weighted by Gasteiger charge is 2.53. The fraction of sp³-hybridized carbons (Fsp3) is 0.217. The van der Waals surface area contributed by atoms with E-state index in [2.05, 4.69) is 91.0 Å².